The molecule has 8 heteroatoms. The van der Waals surface area contributed by atoms with Crippen LogP contribution in [0.25, 0.3) is 0 Å². The molecule has 0 unspecified atom stereocenters. The van der Waals surface area contributed by atoms with Gasteiger partial charge in [-0.1, -0.05) is 22.0 Å². The lowest BCUT2D eigenvalue weighted by Crippen LogP contribution is -2.45. The second-order valence-corrected chi connectivity index (χ2v) is 7.84. The minimum Gasteiger partial charge on any atom is -0.444 e. The Morgan fingerprint density at radius 2 is 2.12 bits per heavy atom. The van der Waals surface area contributed by atoms with Gasteiger partial charge in [-0.05, 0) is 38.5 Å². The van der Waals surface area contributed by atoms with E-state index >= 15 is 0 Å². The molecule has 1 aliphatic heterocycles. The average molecular weight is 415 g/mol. The van der Waals surface area contributed by atoms with Gasteiger partial charge in [0.1, 0.15) is 11.4 Å². The van der Waals surface area contributed by atoms with Gasteiger partial charge in [0.15, 0.2) is 0 Å². The molecule has 138 valence electrons. The number of hydrazine groups is 1. The van der Waals surface area contributed by atoms with E-state index in [0.717, 1.165) is 11.3 Å². The van der Waals surface area contributed by atoms with Crippen molar-refractivity contribution in [2.75, 3.05) is 13.1 Å². The Balaban J connectivity index is 2.05. The van der Waals surface area contributed by atoms with Crippen LogP contribution in [0, 0.1) is 5.82 Å². The molecule has 4 N–H and O–H groups in total. The van der Waals surface area contributed by atoms with Gasteiger partial charge in [0, 0.05) is 23.1 Å². The summed E-state index contributed by atoms with van der Waals surface area (Å²) in [6.45, 7) is 6.58. The maximum absolute atomic E-state index is 13.2. The molecule has 2 rings (SSSR count). The number of rotatable bonds is 3. The van der Waals surface area contributed by atoms with Crippen LogP contribution in [0.2, 0.25) is 0 Å². The summed E-state index contributed by atoms with van der Waals surface area (Å²) >= 11 is 3.33. The number of halogens is 2. The Bertz CT molecular complexity index is 688. The molecule has 0 radical (unpaired) electrons. The monoisotopic (exact) mass is 414 g/mol. The van der Waals surface area contributed by atoms with Crippen LogP contribution in [0.15, 0.2) is 34.1 Å². The highest BCUT2D eigenvalue weighted by Crippen LogP contribution is 2.23. The van der Waals surface area contributed by atoms with E-state index in [2.05, 4.69) is 15.9 Å². The van der Waals surface area contributed by atoms with Gasteiger partial charge < -0.3 is 20.4 Å². The number of ether oxygens (including phenoxy) is 1. The van der Waals surface area contributed by atoms with Crippen molar-refractivity contribution in [2.45, 2.75) is 39.3 Å². The summed E-state index contributed by atoms with van der Waals surface area (Å²) in [4.78, 5) is 13.7. The highest BCUT2D eigenvalue weighted by Gasteiger charge is 2.27. The molecular formula is C17H24BrFN4O2. The summed E-state index contributed by atoms with van der Waals surface area (Å²) in [5.41, 5.74) is 7.72. The van der Waals surface area contributed by atoms with Gasteiger partial charge in [0.05, 0.1) is 18.8 Å². The summed E-state index contributed by atoms with van der Waals surface area (Å²) in [6.07, 6.45) is 0.139. The lowest BCUT2D eigenvalue weighted by molar-refractivity contribution is 0.0250. The van der Waals surface area contributed by atoms with Crippen molar-refractivity contribution in [1.82, 2.24) is 9.91 Å². The Hall–Kier alpha value is -1.80. The second-order valence-electron chi connectivity index (χ2n) is 6.99. The van der Waals surface area contributed by atoms with Crippen LogP contribution in [0.4, 0.5) is 9.18 Å². The maximum Gasteiger partial charge on any atom is 0.410 e. The molecule has 1 heterocycles. The van der Waals surface area contributed by atoms with Crippen molar-refractivity contribution in [3.05, 3.63) is 45.4 Å². The van der Waals surface area contributed by atoms with Crippen molar-refractivity contribution in [3.63, 3.8) is 0 Å². The molecule has 0 spiro atoms. The third-order valence-electron chi connectivity index (χ3n) is 3.70. The van der Waals surface area contributed by atoms with Gasteiger partial charge in [0.25, 0.3) is 0 Å². The van der Waals surface area contributed by atoms with Crippen LogP contribution >= 0.6 is 15.9 Å². The molecule has 25 heavy (non-hydrogen) atoms. The van der Waals surface area contributed by atoms with E-state index in [1.54, 1.807) is 16.0 Å². The van der Waals surface area contributed by atoms with E-state index in [1.807, 2.05) is 20.8 Å². The summed E-state index contributed by atoms with van der Waals surface area (Å²) in [5.74, 6) is 5.83. The van der Waals surface area contributed by atoms with E-state index in [9.17, 15) is 9.18 Å². The minimum atomic E-state index is -0.551. The zero-order valence-corrected chi connectivity index (χ0v) is 16.3. The van der Waals surface area contributed by atoms with Gasteiger partial charge >= 0.3 is 6.09 Å². The molecule has 1 amide bonds. The van der Waals surface area contributed by atoms with Gasteiger partial charge in [-0.15, -0.1) is 0 Å². The van der Waals surface area contributed by atoms with Crippen LogP contribution < -0.4 is 11.6 Å². The van der Waals surface area contributed by atoms with Crippen LogP contribution in [0.3, 0.4) is 0 Å². The topological polar surface area (TPSA) is 84.8 Å². The molecular weight excluding hydrogens is 391 g/mol. The van der Waals surface area contributed by atoms with Gasteiger partial charge in [-0.3, -0.25) is 0 Å². The number of nitrogens with two attached hydrogens (primary N) is 2. The van der Waals surface area contributed by atoms with Crippen molar-refractivity contribution in [2.24, 2.45) is 11.6 Å². The minimum absolute atomic E-state index is 0.266. The fourth-order valence-corrected chi connectivity index (χ4v) is 2.99. The Kier molecular flexibility index (Phi) is 5.95. The summed E-state index contributed by atoms with van der Waals surface area (Å²) < 4.78 is 19.2. The van der Waals surface area contributed by atoms with Crippen LogP contribution in [-0.2, 0) is 11.3 Å². The van der Waals surface area contributed by atoms with Crippen molar-refractivity contribution < 1.29 is 13.9 Å². The summed E-state index contributed by atoms with van der Waals surface area (Å²) in [5, 5.41) is 1.54. The molecule has 0 bridgehead atoms. The predicted molar refractivity (Wildman–Crippen MR) is 97.5 cm³/mol. The Morgan fingerprint density at radius 1 is 1.44 bits per heavy atom. The third kappa shape index (κ3) is 5.34. The van der Waals surface area contributed by atoms with Crippen molar-refractivity contribution >= 4 is 22.0 Å². The molecule has 1 aromatic rings. The smallest absolute Gasteiger partial charge is 0.410 e. The molecule has 0 fully saturated rings. The summed E-state index contributed by atoms with van der Waals surface area (Å²) in [6, 6.07) is 4.45. The van der Waals surface area contributed by atoms with Crippen molar-refractivity contribution in [1.29, 1.82) is 0 Å². The highest BCUT2D eigenvalue weighted by atomic mass is 79.9. The van der Waals surface area contributed by atoms with Crippen molar-refractivity contribution in [3.8, 4) is 0 Å². The number of hydrogen-bond donors (Lipinski definition) is 2. The van der Waals surface area contributed by atoms with Crippen LogP contribution in [0.1, 0.15) is 32.8 Å². The fourth-order valence-electron chi connectivity index (χ4n) is 2.52. The standard InChI is InChI=1S/C17H24BrFN4O2/c1-17(2,3)25-16(24)22-7-6-15(14(20)10-22)23(21)9-11-4-5-12(19)8-13(11)18/h4-5,8H,6-7,9-10,20-21H2,1-3H3. The van der Waals surface area contributed by atoms with E-state index in [0.29, 0.717) is 29.7 Å². The third-order valence-corrected chi connectivity index (χ3v) is 4.44. The summed E-state index contributed by atoms with van der Waals surface area (Å²) in [7, 11) is 0. The first-order valence-corrected chi connectivity index (χ1v) is 8.77. The Morgan fingerprint density at radius 3 is 2.68 bits per heavy atom. The highest BCUT2D eigenvalue weighted by molar-refractivity contribution is 9.10. The number of hydrogen-bond acceptors (Lipinski definition) is 5. The normalized spacial score (nSPS) is 15.4. The molecule has 1 aliphatic rings. The lowest BCUT2D eigenvalue weighted by Gasteiger charge is -2.34. The van der Waals surface area contributed by atoms with Crippen LogP contribution in [0.5, 0.6) is 0 Å². The molecule has 0 aromatic heterocycles. The second kappa shape index (κ2) is 7.61. The zero-order chi connectivity index (χ0) is 18.8. The van der Waals surface area contributed by atoms with E-state index in [1.165, 1.54) is 12.1 Å². The number of carbonyl (C=O) groups excluding carboxylic acids is 1. The van der Waals surface area contributed by atoms with E-state index < -0.39 is 5.60 Å². The van der Waals surface area contributed by atoms with Gasteiger partial charge in [-0.25, -0.2) is 15.0 Å². The lowest BCUT2D eigenvalue weighted by atomic mass is 10.1. The molecule has 0 saturated heterocycles. The predicted octanol–water partition coefficient (Wildman–Crippen LogP) is 3.08. The zero-order valence-electron chi connectivity index (χ0n) is 14.7. The fraction of sp³-hybridized carbons (Fsp3) is 0.471. The first-order valence-electron chi connectivity index (χ1n) is 7.98. The number of nitrogens with zero attached hydrogens (tertiary/aromatic N) is 2. The maximum atomic E-state index is 13.2. The SMILES string of the molecule is CC(C)(C)OC(=O)N1CCC(N(N)Cc2ccc(F)cc2Br)=C(N)C1. The quantitative estimate of drug-likeness (QED) is 0.586. The van der Waals surface area contributed by atoms with E-state index in [4.69, 9.17) is 16.3 Å². The largest absolute Gasteiger partial charge is 0.444 e. The molecule has 0 saturated carbocycles. The molecule has 1 aromatic carbocycles. The number of carbonyl (C=O) groups is 1. The molecule has 6 nitrogen and oxygen atoms in total. The molecule has 0 aliphatic carbocycles. The first-order chi connectivity index (χ1) is 11.6. The van der Waals surface area contributed by atoms with Gasteiger partial charge in [0.2, 0.25) is 0 Å². The average Bonchev–Trinajstić information content (AvgIpc) is 2.48. The van der Waals surface area contributed by atoms with Crippen LogP contribution in [-0.4, -0.2) is 34.7 Å². The number of benzene rings is 1. The Labute approximate surface area is 155 Å². The molecule has 0 atom stereocenters. The van der Waals surface area contributed by atoms with E-state index in [-0.39, 0.29) is 18.5 Å². The van der Waals surface area contributed by atoms with Gasteiger partial charge in [-0.2, -0.15) is 0 Å². The first kappa shape index (κ1) is 19.5. The number of amides is 1.